The average Bonchev–Trinajstić information content (AvgIpc) is 2.22. The highest BCUT2D eigenvalue weighted by atomic mass is 16.5. The Bertz CT molecular complexity index is 211. The van der Waals surface area contributed by atoms with E-state index in [1.807, 2.05) is 0 Å². The first-order chi connectivity index (χ1) is 7.34. The Kier molecular flexibility index (Phi) is 3.83. The molecule has 0 aromatic rings. The Balaban J connectivity index is 1.57. The van der Waals surface area contributed by atoms with Gasteiger partial charge >= 0.3 is 6.03 Å². The second kappa shape index (κ2) is 5.35. The maximum atomic E-state index is 11.4. The van der Waals surface area contributed by atoms with Crippen molar-refractivity contribution in [2.45, 2.75) is 50.7 Å². The van der Waals surface area contributed by atoms with E-state index in [-0.39, 0.29) is 12.1 Å². The largest absolute Gasteiger partial charge is 0.376 e. The minimum atomic E-state index is -0.0335. The highest BCUT2D eigenvalue weighted by Crippen LogP contribution is 2.17. The zero-order valence-electron chi connectivity index (χ0n) is 9.13. The average molecular weight is 212 g/mol. The first kappa shape index (κ1) is 10.7. The van der Waals surface area contributed by atoms with Crippen LogP contribution in [0.2, 0.25) is 0 Å². The summed E-state index contributed by atoms with van der Waals surface area (Å²) in [5, 5.41) is 5.83. The normalized spacial score (nSPS) is 26.8. The van der Waals surface area contributed by atoms with Crippen LogP contribution in [0.1, 0.15) is 38.5 Å². The minimum Gasteiger partial charge on any atom is -0.376 e. The third-order valence-corrected chi connectivity index (χ3v) is 3.20. The van der Waals surface area contributed by atoms with E-state index in [9.17, 15) is 4.79 Å². The number of carbonyl (C=O) groups excluding carboxylic acids is 1. The van der Waals surface area contributed by atoms with Gasteiger partial charge < -0.3 is 15.4 Å². The molecule has 2 N–H and O–H groups in total. The van der Waals surface area contributed by atoms with Crippen molar-refractivity contribution in [1.29, 1.82) is 0 Å². The summed E-state index contributed by atoms with van der Waals surface area (Å²) in [6.07, 6.45) is 7.19. The van der Waals surface area contributed by atoms with Gasteiger partial charge in [0.25, 0.3) is 0 Å². The number of ether oxygens (including phenoxy) is 1. The molecule has 86 valence electrons. The standard InChI is InChI=1S/C11H20N2O2/c14-11(13-9-4-3-5-9)12-8-10-6-1-2-7-15-10/h9-10H,1-8H2,(H2,12,13,14). The van der Waals surface area contributed by atoms with Gasteiger partial charge in [-0.3, -0.25) is 0 Å². The van der Waals surface area contributed by atoms with Crippen LogP contribution >= 0.6 is 0 Å². The molecule has 1 heterocycles. The fourth-order valence-electron chi connectivity index (χ4n) is 1.96. The summed E-state index contributed by atoms with van der Waals surface area (Å²) in [5.41, 5.74) is 0. The van der Waals surface area contributed by atoms with Crippen LogP contribution in [0.5, 0.6) is 0 Å². The minimum absolute atomic E-state index is 0.0335. The predicted molar refractivity (Wildman–Crippen MR) is 57.8 cm³/mol. The highest BCUT2D eigenvalue weighted by Gasteiger charge is 2.20. The van der Waals surface area contributed by atoms with Crippen molar-refractivity contribution in [2.75, 3.05) is 13.2 Å². The third kappa shape index (κ3) is 3.38. The first-order valence-corrected chi connectivity index (χ1v) is 6.00. The number of amides is 2. The zero-order valence-corrected chi connectivity index (χ0v) is 9.13. The molecule has 1 aliphatic carbocycles. The van der Waals surface area contributed by atoms with Crippen molar-refractivity contribution < 1.29 is 9.53 Å². The van der Waals surface area contributed by atoms with Crippen LogP contribution in [0.25, 0.3) is 0 Å². The van der Waals surface area contributed by atoms with Crippen molar-refractivity contribution in [3.8, 4) is 0 Å². The summed E-state index contributed by atoms with van der Waals surface area (Å²) in [6.45, 7) is 1.50. The molecule has 2 amide bonds. The van der Waals surface area contributed by atoms with Crippen molar-refractivity contribution >= 4 is 6.03 Å². The van der Waals surface area contributed by atoms with E-state index in [0.717, 1.165) is 32.3 Å². The Labute approximate surface area is 90.8 Å². The molecule has 1 atom stereocenters. The van der Waals surface area contributed by atoms with Crippen LogP contribution < -0.4 is 10.6 Å². The van der Waals surface area contributed by atoms with Crippen LogP contribution in [-0.2, 0) is 4.74 Å². The van der Waals surface area contributed by atoms with E-state index >= 15 is 0 Å². The predicted octanol–water partition coefficient (Wildman–Crippen LogP) is 1.41. The lowest BCUT2D eigenvalue weighted by Gasteiger charge is -2.27. The molecule has 2 aliphatic rings. The SMILES string of the molecule is O=C(NCC1CCCCO1)NC1CCC1. The van der Waals surface area contributed by atoms with Gasteiger partial charge in [-0.25, -0.2) is 4.79 Å². The number of hydrogen-bond acceptors (Lipinski definition) is 2. The molecule has 0 spiro atoms. The van der Waals surface area contributed by atoms with Crippen LogP contribution in [0.3, 0.4) is 0 Å². The maximum Gasteiger partial charge on any atom is 0.315 e. The number of carbonyl (C=O) groups is 1. The van der Waals surface area contributed by atoms with Crippen LogP contribution in [0.4, 0.5) is 4.79 Å². The first-order valence-electron chi connectivity index (χ1n) is 6.00. The van der Waals surface area contributed by atoms with Gasteiger partial charge in [-0.2, -0.15) is 0 Å². The van der Waals surface area contributed by atoms with E-state index in [0.29, 0.717) is 12.6 Å². The van der Waals surface area contributed by atoms with E-state index < -0.39 is 0 Å². The van der Waals surface area contributed by atoms with Gasteiger partial charge in [-0.1, -0.05) is 0 Å². The van der Waals surface area contributed by atoms with Crippen molar-refractivity contribution in [3.63, 3.8) is 0 Å². The molecule has 0 bridgehead atoms. The molecule has 2 fully saturated rings. The highest BCUT2D eigenvalue weighted by molar-refractivity contribution is 5.74. The number of urea groups is 1. The molecule has 15 heavy (non-hydrogen) atoms. The molecule has 0 aromatic carbocycles. The van der Waals surface area contributed by atoms with Crippen molar-refractivity contribution in [1.82, 2.24) is 10.6 Å². The maximum absolute atomic E-state index is 11.4. The monoisotopic (exact) mass is 212 g/mol. The Hall–Kier alpha value is -0.770. The van der Waals surface area contributed by atoms with Gasteiger partial charge in [0.05, 0.1) is 6.10 Å². The number of hydrogen-bond donors (Lipinski definition) is 2. The Morgan fingerprint density at radius 3 is 2.67 bits per heavy atom. The lowest BCUT2D eigenvalue weighted by atomic mass is 9.93. The topological polar surface area (TPSA) is 50.4 Å². The van der Waals surface area contributed by atoms with Gasteiger partial charge in [0.15, 0.2) is 0 Å². The third-order valence-electron chi connectivity index (χ3n) is 3.20. The summed E-state index contributed by atoms with van der Waals surface area (Å²) in [6, 6.07) is 0.381. The van der Waals surface area contributed by atoms with Crippen LogP contribution in [0.15, 0.2) is 0 Å². The second-order valence-corrected chi connectivity index (χ2v) is 4.47. The molecular weight excluding hydrogens is 192 g/mol. The summed E-state index contributed by atoms with van der Waals surface area (Å²) in [4.78, 5) is 11.4. The van der Waals surface area contributed by atoms with E-state index in [1.165, 1.54) is 12.8 Å². The van der Waals surface area contributed by atoms with Gasteiger partial charge in [-0.15, -0.1) is 0 Å². The van der Waals surface area contributed by atoms with Crippen LogP contribution in [0, 0.1) is 0 Å². The molecule has 1 aliphatic heterocycles. The second-order valence-electron chi connectivity index (χ2n) is 4.47. The van der Waals surface area contributed by atoms with Gasteiger partial charge in [0.2, 0.25) is 0 Å². The molecular formula is C11H20N2O2. The van der Waals surface area contributed by atoms with Gasteiger partial charge in [0.1, 0.15) is 0 Å². The molecule has 1 saturated heterocycles. The van der Waals surface area contributed by atoms with Crippen molar-refractivity contribution in [3.05, 3.63) is 0 Å². The fraction of sp³-hybridized carbons (Fsp3) is 0.909. The van der Waals surface area contributed by atoms with Crippen LogP contribution in [-0.4, -0.2) is 31.3 Å². The summed E-state index contributed by atoms with van der Waals surface area (Å²) in [7, 11) is 0. The van der Waals surface area contributed by atoms with Gasteiger partial charge in [0, 0.05) is 19.2 Å². The molecule has 4 heteroatoms. The van der Waals surface area contributed by atoms with E-state index in [1.54, 1.807) is 0 Å². The quantitative estimate of drug-likeness (QED) is 0.743. The van der Waals surface area contributed by atoms with E-state index in [4.69, 9.17) is 4.74 Å². The summed E-state index contributed by atoms with van der Waals surface area (Å²) in [5.74, 6) is 0. The lowest BCUT2D eigenvalue weighted by Crippen LogP contribution is -2.47. The smallest absolute Gasteiger partial charge is 0.315 e. The fourth-order valence-corrected chi connectivity index (χ4v) is 1.96. The number of rotatable bonds is 3. The van der Waals surface area contributed by atoms with E-state index in [2.05, 4.69) is 10.6 Å². The Morgan fingerprint density at radius 2 is 2.07 bits per heavy atom. The molecule has 0 aromatic heterocycles. The lowest BCUT2D eigenvalue weighted by molar-refractivity contribution is 0.0183. The molecule has 4 nitrogen and oxygen atoms in total. The molecule has 2 rings (SSSR count). The Morgan fingerprint density at radius 1 is 1.20 bits per heavy atom. The molecule has 1 saturated carbocycles. The molecule has 0 radical (unpaired) electrons. The number of nitrogens with one attached hydrogen (secondary N) is 2. The molecule has 1 unspecified atom stereocenters. The zero-order chi connectivity index (χ0) is 10.5. The van der Waals surface area contributed by atoms with Crippen molar-refractivity contribution in [2.24, 2.45) is 0 Å². The summed E-state index contributed by atoms with van der Waals surface area (Å²) >= 11 is 0. The van der Waals surface area contributed by atoms with Gasteiger partial charge in [-0.05, 0) is 38.5 Å². The summed E-state index contributed by atoms with van der Waals surface area (Å²) < 4.78 is 5.53.